The lowest BCUT2D eigenvalue weighted by atomic mass is 9.73. The van der Waals surface area contributed by atoms with E-state index in [9.17, 15) is 18.4 Å². The van der Waals surface area contributed by atoms with E-state index in [1.165, 1.54) is 12.1 Å². The molecule has 0 N–H and O–H groups in total. The summed E-state index contributed by atoms with van der Waals surface area (Å²) in [5, 5.41) is 9.31. The minimum Gasteiger partial charge on any atom is -0.381 e. The number of benzene rings is 1. The smallest absolute Gasteiger partial charge is 0.381 e. The van der Waals surface area contributed by atoms with Crippen LogP contribution in [0, 0.1) is 11.3 Å². The average Bonchev–Trinajstić information content (AvgIpc) is 2.38. The largest absolute Gasteiger partial charge is 0.416 e. The second-order valence-corrected chi connectivity index (χ2v) is 4.35. The predicted molar refractivity (Wildman–Crippen MR) is 58.8 cm³/mol. The number of nitriles is 1. The highest BCUT2D eigenvalue weighted by atomic mass is 19.4. The molecule has 0 aromatic heterocycles. The van der Waals surface area contributed by atoms with Crippen molar-refractivity contribution in [2.24, 2.45) is 0 Å². The molecule has 5 heteroatoms. The first-order chi connectivity index (χ1) is 8.49. The fourth-order valence-electron chi connectivity index (χ4n) is 2.31. The molecule has 1 aliphatic heterocycles. The summed E-state index contributed by atoms with van der Waals surface area (Å²) in [4.78, 5) is 0. The molecule has 2 nitrogen and oxygen atoms in total. The van der Waals surface area contributed by atoms with Gasteiger partial charge in [-0.25, -0.2) is 0 Å². The highest BCUT2D eigenvalue weighted by Crippen LogP contribution is 2.41. The molecule has 1 aliphatic rings. The van der Waals surface area contributed by atoms with Gasteiger partial charge in [-0.1, -0.05) is 18.2 Å². The summed E-state index contributed by atoms with van der Waals surface area (Å²) in [5.41, 5.74) is -1.72. The Labute approximate surface area is 103 Å². The Morgan fingerprint density at radius 3 is 2.33 bits per heavy atom. The Bertz CT molecular complexity index is 470. The molecule has 0 amide bonds. The third kappa shape index (κ3) is 2.21. The Kier molecular flexibility index (Phi) is 3.31. The number of nitrogens with zero attached hydrogens (tertiary/aromatic N) is 1. The summed E-state index contributed by atoms with van der Waals surface area (Å²) < 4.78 is 44.0. The number of halogens is 3. The van der Waals surface area contributed by atoms with Gasteiger partial charge in [0.25, 0.3) is 0 Å². The van der Waals surface area contributed by atoms with Crippen LogP contribution in [0.15, 0.2) is 24.3 Å². The van der Waals surface area contributed by atoms with Crippen molar-refractivity contribution in [3.8, 4) is 6.07 Å². The zero-order chi connectivity index (χ0) is 13.2. The summed E-state index contributed by atoms with van der Waals surface area (Å²) in [7, 11) is 0. The van der Waals surface area contributed by atoms with Crippen LogP contribution in [0.1, 0.15) is 24.0 Å². The lowest BCUT2D eigenvalue weighted by Gasteiger charge is -2.33. The van der Waals surface area contributed by atoms with Gasteiger partial charge in [-0.2, -0.15) is 18.4 Å². The lowest BCUT2D eigenvalue weighted by Crippen LogP contribution is -2.34. The van der Waals surface area contributed by atoms with Crippen molar-refractivity contribution in [3.63, 3.8) is 0 Å². The van der Waals surface area contributed by atoms with E-state index in [1.807, 2.05) is 0 Å². The molecular formula is C13H12F3NO. The summed E-state index contributed by atoms with van der Waals surface area (Å²) in [5.74, 6) is 0. The zero-order valence-corrected chi connectivity index (χ0v) is 9.63. The molecule has 0 bridgehead atoms. The fraction of sp³-hybridized carbons (Fsp3) is 0.462. The van der Waals surface area contributed by atoms with E-state index in [4.69, 9.17) is 4.74 Å². The number of alkyl halides is 3. The predicted octanol–water partition coefficient (Wildman–Crippen LogP) is 3.28. The molecule has 1 heterocycles. The topological polar surface area (TPSA) is 33.0 Å². The number of ether oxygens (including phenoxy) is 1. The van der Waals surface area contributed by atoms with Gasteiger partial charge in [0, 0.05) is 13.2 Å². The van der Waals surface area contributed by atoms with E-state index in [-0.39, 0.29) is 5.56 Å². The van der Waals surface area contributed by atoms with Crippen molar-refractivity contribution >= 4 is 0 Å². The Morgan fingerprint density at radius 2 is 1.78 bits per heavy atom. The summed E-state index contributed by atoms with van der Waals surface area (Å²) in [6.07, 6.45) is -3.83. The van der Waals surface area contributed by atoms with Crippen molar-refractivity contribution in [2.45, 2.75) is 24.4 Å². The minimum absolute atomic E-state index is 0.0725. The van der Waals surface area contributed by atoms with Gasteiger partial charge in [0.1, 0.15) is 0 Å². The first-order valence-electron chi connectivity index (χ1n) is 5.65. The molecule has 0 aliphatic carbocycles. The zero-order valence-electron chi connectivity index (χ0n) is 9.63. The van der Waals surface area contributed by atoms with Crippen LogP contribution >= 0.6 is 0 Å². The summed E-state index contributed by atoms with van der Waals surface area (Å²) in [6, 6.07) is 7.38. The Balaban J connectivity index is 2.53. The normalized spacial score (nSPS) is 19.2. The maximum Gasteiger partial charge on any atom is 0.416 e. The molecule has 0 saturated carbocycles. The number of hydrogen-bond donors (Lipinski definition) is 0. The van der Waals surface area contributed by atoms with Gasteiger partial charge in [-0.05, 0) is 24.5 Å². The minimum atomic E-state index is -4.43. The SMILES string of the molecule is N#CC1(c2ccccc2C(F)(F)F)CCOCC1. The summed E-state index contributed by atoms with van der Waals surface area (Å²) >= 11 is 0. The molecule has 1 aromatic carbocycles. The molecule has 0 radical (unpaired) electrons. The second-order valence-electron chi connectivity index (χ2n) is 4.35. The lowest BCUT2D eigenvalue weighted by molar-refractivity contribution is -0.139. The molecule has 0 unspecified atom stereocenters. The molecular weight excluding hydrogens is 243 g/mol. The maximum absolute atomic E-state index is 13.0. The van der Waals surface area contributed by atoms with Crippen molar-refractivity contribution in [1.29, 1.82) is 5.26 Å². The van der Waals surface area contributed by atoms with Gasteiger partial charge in [0.2, 0.25) is 0 Å². The summed E-state index contributed by atoms with van der Waals surface area (Å²) in [6.45, 7) is 0.638. The molecule has 0 atom stereocenters. The molecule has 0 spiro atoms. The maximum atomic E-state index is 13.0. The van der Waals surface area contributed by atoms with E-state index in [1.54, 1.807) is 6.07 Å². The van der Waals surface area contributed by atoms with E-state index in [0.717, 1.165) is 6.07 Å². The quantitative estimate of drug-likeness (QED) is 0.771. The van der Waals surface area contributed by atoms with Crippen LogP contribution in [0.3, 0.4) is 0 Å². The highest BCUT2D eigenvalue weighted by molar-refractivity contribution is 5.41. The van der Waals surface area contributed by atoms with Gasteiger partial charge < -0.3 is 4.74 Å². The van der Waals surface area contributed by atoms with E-state index in [2.05, 4.69) is 6.07 Å². The number of rotatable bonds is 1. The van der Waals surface area contributed by atoms with Crippen LogP contribution in [0.4, 0.5) is 13.2 Å². The van der Waals surface area contributed by atoms with Crippen molar-refractivity contribution in [2.75, 3.05) is 13.2 Å². The van der Waals surface area contributed by atoms with Gasteiger partial charge in [-0.3, -0.25) is 0 Å². The van der Waals surface area contributed by atoms with Crippen LogP contribution in [0.2, 0.25) is 0 Å². The Hall–Kier alpha value is -1.54. The van der Waals surface area contributed by atoms with Gasteiger partial charge in [0.05, 0.1) is 17.0 Å². The van der Waals surface area contributed by atoms with Crippen LogP contribution in [0.5, 0.6) is 0 Å². The fourth-order valence-corrected chi connectivity index (χ4v) is 2.31. The first kappa shape index (κ1) is 12.9. The molecule has 1 fully saturated rings. The molecule has 2 rings (SSSR count). The molecule has 1 aromatic rings. The van der Waals surface area contributed by atoms with Crippen molar-refractivity contribution in [3.05, 3.63) is 35.4 Å². The molecule has 96 valence electrons. The third-order valence-corrected chi connectivity index (χ3v) is 3.31. The molecule has 1 saturated heterocycles. The first-order valence-corrected chi connectivity index (χ1v) is 5.65. The van der Waals surface area contributed by atoms with E-state index >= 15 is 0 Å². The van der Waals surface area contributed by atoms with Gasteiger partial charge in [-0.15, -0.1) is 0 Å². The van der Waals surface area contributed by atoms with Crippen LogP contribution in [-0.4, -0.2) is 13.2 Å². The Morgan fingerprint density at radius 1 is 1.17 bits per heavy atom. The van der Waals surface area contributed by atoms with E-state index in [0.29, 0.717) is 26.1 Å². The van der Waals surface area contributed by atoms with E-state index < -0.39 is 17.2 Å². The highest BCUT2D eigenvalue weighted by Gasteiger charge is 2.42. The monoisotopic (exact) mass is 255 g/mol. The molecule has 18 heavy (non-hydrogen) atoms. The van der Waals surface area contributed by atoms with Crippen LogP contribution in [-0.2, 0) is 16.3 Å². The average molecular weight is 255 g/mol. The van der Waals surface area contributed by atoms with Crippen LogP contribution in [0.25, 0.3) is 0 Å². The number of hydrogen-bond acceptors (Lipinski definition) is 2. The van der Waals surface area contributed by atoms with Crippen molar-refractivity contribution < 1.29 is 17.9 Å². The van der Waals surface area contributed by atoms with Gasteiger partial charge in [0.15, 0.2) is 0 Å². The van der Waals surface area contributed by atoms with Gasteiger partial charge >= 0.3 is 6.18 Å². The third-order valence-electron chi connectivity index (χ3n) is 3.31. The van der Waals surface area contributed by atoms with Crippen molar-refractivity contribution in [1.82, 2.24) is 0 Å². The standard InChI is InChI=1S/C13H12F3NO/c14-13(15,16)11-4-2-1-3-10(11)12(9-17)5-7-18-8-6-12/h1-4H,5-8H2. The van der Waals surface area contributed by atoms with Crippen LogP contribution < -0.4 is 0 Å². The second kappa shape index (κ2) is 4.62.